The van der Waals surface area contributed by atoms with Gasteiger partial charge in [0.2, 0.25) is 0 Å². The molecule has 4 heteroatoms. The van der Waals surface area contributed by atoms with Crippen LogP contribution in [0.15, 0.2) is 0 Å². The smallest absolute Gasteiger partial charge is 0.338 e. The van der Waals surface area contributed by atoms with Crippen molar-refractivity contribution in [3.63, 3.8) is 0 Å². The Bertz CT molecular complexity index is 137. The number of rotatable bonds is 2. The van der Waals surface area contributed by atoms with Crippen LogP contribution in [-0.2, 0) is 9.53 Å². The molecule has 1 fully saturated rings. The van der Waals surface area contributed by atoms with Crippen molar-refractivity contribution in [2.24, 2.45) is 0 Å². The van der Waals surface area contributed by atoms with Crippen molar-refractivity contribution in [1.29, 1.82) is 0 Å². The maximum atomic E-state index is 10.5. The fourth-order valence-corrected chi connectivity index (χ4v) is 1.06. The van der Waals surface area contributed by atoms with Gasteiger partial charge in [0.25, 0.3) is 0 Å². The Labute approximate surface area is 58.4 Å². The van der Waals surface area contributed by atoms with Gasteiger partial charge in [-0.3, -0.25) is 0 Å². The lowest BCUT2D eigenvalue weighted by molar-refractivity contribution is -0.164. The minimum Gasteiger partial charge on any atom is -0.479 e. The maximum absolute atomic E-state index is 10.5. The lowest BCUT2D eigenvalue weighted by Gasteiger charge is -2.19. The summed E-state index contributed by atoms with van der Waals surface area (Å²) >= 11 is 0. The van der Waals surface area contributed by atoms with Crippen molar-refractivity contribution in [2.75, 3.05) is 13.2 Å². The van der Waals surface area contributed by atoms with Crippen LogP contribution in [0.1, 0.15) is 12.8 Å². The molecular weight excluding hydrogens is 136 g/mol. The van der Waals surface area contributed by atoms with Crippen LogP contribution >= 0.6 is 0 Å². The highest BCUT2D eigenvalue weighted by Crippen LogP contribution is 2.24. The molecule has 0 amide bonds. The Kier molecular flexibility index (Phi) is 1.92. The Balaban J connectivity index is 2.67. The van der Waals surface area contributed by atoms with Crippen LogP contribution in [-0.4, -0.2) is 35.0 Å². The summed E-state index contributed by atoms with van der Waals surface area (Å²) in [5.74, 6) is -1.06. The summed E-state index contributed by atoms with van der Waals surface area (Å²) in [6.45, 7) is 0.00912. The summed E-state index contributed by atoms with van der Waals surface area (Å²) in [7, 11) is 0. The molecule has 0 saturated carbocycles. The summed E-state index contributed by atoms with van der Waals surface area (Å²) in [5.41, 5.74) is -1.29. The number of ether oxygens (including phenoxy) is 1. The number of aliphatic hydroxyl groups excluding tert-OH is 1. The first-order chi connectivity index (χ1) is 4.71. The molecule has 1 atom stereocenters. The Morgan fingerprint density at radius 3 is 2.60 bits per heavy atom. The standard InChI is InChI=1S/C6H10O4/c7-4-6(5(8)9)2-1-3-10-6/h7H,1-4H2,(H,8,9)/t6-/m1/s1. The van der Waals surface area contributed by atoms with Crippen LogP contribution in [0.25, 0.3) is 0 Å². The van der Waals surface area contributed by atoms with Crippen molar-refractivity contribution >= 4 is 5.97 Å². The first-order valence-corrected chi connectivity index (χ1v) is 3.19. The van der Waals surface area contributed by atoms with Crippen LogP contribution in [0.2, 0.25) is 0 Å². The zero-order valence-electron chi connectivity index (χ0n) is 5.54. The summed E-state index contributed by atoms with van der Waals surface area (Å²) in [4.78, 5) is 10.5. The minimum atomic E-state index is -1.29. The Morgan fingerprint density at radius 2 is 2.40 bits per heavy atom. The maximum Gasteiger partial charge on any atom is 0.338 e. The van der Waals surface area contributed by atoms with E-state index < -0.39 is 18.2 Å². The van der Waals surface area contributed by atoms with Crippen LogP contribution in [0.4, 0.5) is 0 Å². The SMILES string of the molecule is O=C(O)[C@]1(CO)CCCO1. The molecule has 58 valence electrons. The molecule has 1 saturated heterocycles. The number of carboxylic acids is 1. The van der Waals surface area contributed by atoms with Gasteiger partial charge < -0.3 is 14.9 Å². The molecule has 1 rings (SSSR count). The monoisotopic (exact) mass is 146 g/mol. The predicted molar refractivity (Wildman–Crippen MR) is 32.6 cm³/mol. The highest BCUT2D eigenvalue weighted by molar-refractivity contribution is 5.77. The number of hydrogen-bond donors (Lipinski definition) is 2. The van der Waals surface area contributed by atoms with Crippen LogP contribution in [0.5, 0.6) is 0 Å². The quantitative estimate of drug-likeness (QED) is 0.557. The third-order valence-electron chi connectivity index (χ3n) is 1.75. The molecule has 0 bridgehead atoms. The lowest BCUT2D eigenvalue weighted by atomic mass is 10.0. The number of aliphatic hydroxyl groups is 1. The fourth-order valence-electron chi connectivity index (χ4n) is 1.06. The van der Waals surface area contributed by atoms with Crippen molar-refractivity contribution in [1.82, 2.24) is 0 Å². The van der Waals surface area contributed by atoms with Gasteiger partial charge >= 0.3 is 5.97 Å². The number of carbonyl (C=O) groups is 1. The summed E-state index contributed by atoms with van der Waals surface area (Å²) < 4.78 is 4.90. The van der Waals surface area contributed by atoms with Crippen LogP contribution in [0.3, 0.4) is 0 Å². The van der Waals surface area contributed by atoms with Crippen molar-refractivity contribution in [3.8, 4) is 0 Å². The molecule has 0 unspecified atom stereocenters. The van der Waals surface area contributed by atoms with Crippen molar-refractivity contribution in [2.45, 2.75) is 18.4 Å². The molecular formula is C6H10O4. The minimum absolute atomic E-state index is 0.416. The second kappa shape index (κ2) is 2.56. The second-order valence-corrected chi connectivity index (χ2v) is 2.41. The lowest BCUT2D eigenvalue weighted by Crippen LogP contribution is -2.41. The van der Waals surface area contributed by atoms with Gasteiger partial charge in [-0.2, -0.15) is 0 Å². The molecule has 0 spiro atoms. The molecule has 0 aromatic carbocycles. The van der Waals surface area contributed by atoms with Gasteiger partial charge in [-0.05, 0) is 12.8 Å². The van der Waals surface area contributed by atoms with E-state index in [1.807, 2.05) is 0 Å². The van der Waals surface area contributed by atoms with E-state index >= 15 is 0 Å². The van der Waals surface area contributed by atoms with E-state index in [-0.39, 0.29) is 0 Å². The molecule has 1 aliphatic rings. The van der Waals surface area contributed by atoms with Gasteiger partial charge in [0.1, 0.15) is 0 Å². The zero-order valence-corrected chi connectivity index (χ0v) is 5.54. The van der Waals surface area contributed by atoms with Crippen molar-refractivity contribution < 1.29 is 19.7 Å². The summed E-state index contributed by atoms with van der Waals surface area (Å²) in [6, 6.07) is 0. The van der Waals surface area contributed by atoms with Crippen molar-refractivity contribution in [3.05, 3.63) is 0 Å². The van der Waals surface area contributed by atoms with E-state index in [2.05, 4.69) is 0 Å². The predicted octanol–water partition coefficient (Wildman–Crippen LogP) is -0.388. The van der Waals surface area contributed by atoms with Crippen LogP contribution in [0, 0.1) is 0 Å². The number of carboxylic acid groups (broad SMARTS) is 1. The third kappa shape index (κ3) is 0.998. The highest BCUT2D eigenvalue weighted by atomic mass is 16.5. The first kappa shape index (κ1) is 7.50. The van der Waals surface area contributed by atoms with E-state index in [0.29, 0.717) is 19.4 Å². The molecule has 0 aliphatic carbocycles. The van der Waals surface area contributed by atoms with E-state index in [9.17, 15) is 4.79 Å². The summed E-state index contributed by atoms with van der Waals surface area (Å²) in [6.07, 6.45) is 1.13. The van der Waals surface area contributed by atoms with E-state index in [1.165, 1.54) is 0 Å². The van der Waals surface area contributed by atoms with Gasteiger partial charge in [-0.25, -0.2) is 4.79 Å². The topological polar surface area (TPSA) is 66.8 Å². The molecule has 4 nitrogen and oxygen atoms in total. The fraction of sp³-hybridized carbons (Fsp3) is 0.833. The Hall–Kier alpha value is -0.610. The van der Waals surface area contributed by atoms with E-state index in [0.717, 1.165) is 0 Å². The van der Waals surface area contributed by atoms with Gasteiger partial charge in [-0.15, -0.1) is 0 Å². The zero-order chi connectivity index (χ0) is 7.61. The van der Waals surface area contributed by atoms with Gasteiger partial charge in [-0.1, -0.05) is 0 Å². The first-order valence-electron chi connectivity index (χ1n) is 3.19. The third-order valence-corrected chi connectivity index (χ3v) is 1.75. The van der Waals surface area contributed by atoms with Crippen LogP contribution < -0.4 is 0 Å². The van der Waals surface area contributed by atoms with Gasteiger partial charge in [0, 0.05) is 6.61 Å². The largest absolute Gasteiger partial charge is 0.479 e. The molecule has 1 heterocycles. The molecule has 1 aliphatic heterocycles. The van der Waals surface area contributed by atoms with Gasteiger partial charge in [0.15, 0.2) is 5.60 Å². The molecule has 0 aromatic rings. The molecule has 2 N–H and O–H groups in total. The molecule has 0 radical (unpaired) electrons. The van der Waals surface area contributed by atoms with Gasteiger partial charge in [0.05, 0.1) is 6.61 Å². The van der Waals surface area contributed by atoms with E-state index in [1.54, 1.807) is 0 Å². The Morgan fingerprint density at radius 1 is 1.70 bits per heavy atom. The van der Waals surface area contributed by atoms with E-state index in [4.69, 9.17) is 14.9 Å². The molecule has 10 heavy (non-hydrogen) atoms. The summed E-state index contributed by atoms with van der Waals surface area (Å²) in [5, 5.41) is 17.3. The average Bonchev–Trinajstić information content (AvgIpc) is 2.35. The molecule has 0 aromatic heterocycles. The average molecular weight is 146 g/mol. The second-order valence-electron chi connectivity index (χ2n) is 2.41. The number of aliphatic carboxylic acids is 1. The number of hydrogen-bond acceptors (Lipinski definition) is 3. The highest BCUT2D eigenvalue weighted by Gasteiger charge is 2.42. The normalized spacial score (nSPS) is 32.5.